The minimum Gasteiger partial charge on any atom is -0.491 e. The van der Waals surface area contributed by atoms with Crippen LogP contribution in [-0.4, -0.2) is 24.9 Å². The van der Waals surface area contributed by atoms with Gasteiger partial charge in [0.25, 0.3) is 5.56 Å². The molecule has 26 heavy (non-hydrogen) atoms. The number of hydrogen-bond acceptors (Lipinski definition) is 3. The lowest BCUT2D eigenvalue weighted by molar-refractivity contribution is 0.146. The third-order valence-corrected chi connectivity index (χ3v) is 4.65. The van der Waals surface area contributed by atoms with Crippen LogP contribution >= 0.6 is 0 Å². The average Bonchev–Trinajstić information content (AvgIpc) is 3.47. The van der Waals surface area contributed by atoms with Gasteiger partial charge in [0.15, 0.2) is 0 Å². The summed E-state index contributed by atoms with van der Waals surface area (Å²) in [4.78, 5) is 12.9. The zero-order valence-electron chi connectivity index (χ0n) is 14.6. The molecular formula is C21H20FNO3. The largest absolute Gasteiger partial charge is 0.491 e. The summed E-state index contributed by atoms with van der Waals surface area (Å²) in [6.07, 6.45) is 3.87. The van der Waals surface area contributed by atoms with Crippen LogP contribution < -0.4 is 10.3 Å². The molecule has 134 valence electrons. The molecule has 0 spiro atoms. The van der Waals surface area contributed by atoms with Crippen LogP contribution in [-0.2, 0) is 4.74 Å². The van der Waals surface area contributed by atoms with E-state index in [0.717, 1.165) is 29.4 Å². The quantitative estimate of drug-likeness (QED) is 0.625. The van der Waals surface area contributed by atoms with Gasteiger partial charge >= 0.3 is 0 Å². The van der Waals surface area contributed by atoms with Gasteiger partial charge in [0.1, 0.15) is 18.2 Å². The van der Waals surface area contributed by atoms with Crippen molar-refractivity contribution in [1.82, 2.24) is 4.57 Å². The van der Waals surface area contributed by atoms with Gasteiger partial charge in [-0.15, -0.1) is 0 Å². The Hall–Kier alpha value is -2.66. The van der Waals surface area contributed by atoms with Gasteiger partial charge in [-0.3, -0.25) is 4.79 Å². The van der Waals surface area contributed by atoms with E-state index in [1.165, 1.54) is 12.1 Å². The number of ether oxygens (including phenoxy) is 2. The zero-order chi connectivity index (χ0) is 18.1. The van der Waals surface area contributed by atoms with Gasteiger partial charge in [-0.1, -0.05) is 12.1 Å². The molecule has 1 heterocycles. The number of aromatic nitrogens is 1. The number of rotatable bonds is 6. The SMILES string of the molecule is COCCOc1ccc2c(=O)n(C3CC3)cc(-c3cccc(F)c3)c2c1. The summed E-state index contributed by atoms with van der Waals surface area (Å²) >= 11 is 0. The van der Waals surface area contributed by atoms with Crippen LogP contribution in [0.1, 0.15) is 18.9 Å². The Morgan fingerprint density at radius 3 is 2.69 bits per heavy atom. The van der Waals surface area contributed by atoms with Gasteiger partial charge in [0, 0.05) is 35.7 Å². The lowest BCUT2D eigenvalue weighted by Gasteiger charge is -2.14. The predicted octanol–water partition coefficient (Wildman–Crippen LogP) is 4.17. The third-order valence-electron chi connectivity index (χ3n) is 4.65. The smallest absolute Gasteiger partial charge is 0.258 e. The second kappa shape index (κ2) is 6.92. The first-order chi connectivity index (χ1) is 12.7. The van der Waals surface area contributed by atoms with E-state index in [1.54, 1.807) is 29.9 Å². The first kappa shape index (κ1) is 16.8. The van der Waals surface area contributed by atoms with E-state index in [-0.39, 0.29) is 17.4 Å². The molecule has 0 amide bonds. The summed E-state index contributed by atoms with van der Waals surface area (Å²) in [5, 5.41) is 1.39. The molecule has 4 rings (SSSR count). The minimum absolute atomic E-state index is 0.00825. The van der Waals surface area contributed by atoms with Gasteiger partial charge in [0.05, 0.1) is 6.61 Å². The van der Waals surface area contributed by atoms with Crippen molar-refractivity contribution in [2.75, 3.05) is 20.3 Å². The first-order valence-corrected chi connectivity index (χ1v) is 8.74. The van der Waals surface area contributed by atoms with Crippen molar-refractivity contribution in [3.05, 3.63) is 64.8 Å². The van der Waals surface area contributed by atoms with Crippen molar-refractivity contribution < 1.29 is 13.9 Å². The molecule has 1 aliphatic carbocycles. The van der Waals surface area contributed by atoms with E-state index in [0.29, 0.717) is 24.3 Å². The van der Waals surface area contributed by atoms with Crippen LogP contribution in [0.2, 0.25) is 0 Å². The van der Waals surface area contributed by atoms with E-state index in [9.17, 15) is 9.18 Å². The first-order valence-electron chi connectivity index (χ1n) is 8.74. The van der Waals surface area contributed by atoms with E-state index in [1.807, 2.05) is 18.3 Å². The van der Waals surface area contributed by atoms with Gasteiger partial charge in [-0.05, 0) is 48.7 Å². The maximum Gasteiger partial charge on any atom is 0.258 e. The van der Waals surface area contributed by atoms with Crippen molar-refractivity contribution in [3.63, 3.8) is 0 Å². The molecule has 2 aromatic carbocycles. The topological polar surface area (TPSA) is 40.5 Å². The molecule has 0 atom stereocenters. The molecule has 0 bridgehead atoms. The lowest BCUT2D eigenvalue weighted by Crippen LogP contribution is -2.19. The predicted molar refractivity (Wildman–Crippen MR) is 99.2 cm³/mol. The van der Waals surface area contributed by atoms with Gasteiger partial charge in [-0.2, -0.15) is 0 Å². The molecule has 0 saturated heterocycles. The molecular weight excluding hydrogens is 333 g/mol. The number of hydrogen-bond donors (Lipinski definition) is 0. The summed E-state index contributed by atoms with van der Waals surface area (Å²) < 4.78 is 26.3. The lowest BCUT2D eigenvalue weighted by atomic mass is 10.00. The van der Waals surface area contributed by atoms with Crippen molar-refractivity contribution in [2.45, 2.75) is 18.9 Å². The van der Waals surface area contributed by atoms with E-state index in [4.69, 9.17) is 9.47 Å². The van der Waals surface area contributed by atoms with E-state index >= 15 is 0 Å². The average molecular weight is 353 g/mol. The highest BCUT2D eigenvalue weighted by molar-refractivity contribution is 5.96. The van der Waals surface area contributed by atoms with Crippen LogP contribution in [0.3, 0.4) is 0 Å². The summed E-state index contributed by atoms with van der Waals surface area (Å²) in [5.74, 6) is 0.364. The Morgan fingerprint density at radius 1 is 1.12 bits per heavy atom. The van der Waals surface area contributed by atoms with Crippen LogP contribution in [0.25, 0.3) is 21.9 Å². The number of pyridine rings is 1. The fourth-order valence-electron chi connectivity index (χ4n) is 3.18. The third kappa shape index (κ3) is 3.22. The van der Waals surface area contributed by atoms with Gasteiger partial charge in [-0.25, -0.2) is 4.39 Å². The summed E-state index contributed by atoms with van der Waals surface area (Å²) in [6.45, 7) is 0.911. The Bertz CT molecular complexity index is 1010. The monoisotopic (exact) mass is 353 g/mol. The molecule has 5 heteroatoms. The molecule has 1 aliphatic rings. The summed E-state index contributed by atoms with van der Waals surface area (Å²) in [7, 11) is 1.62. The van der Waals surface area contributed by atoms with Crippen LogP contribution in [0, 0.1) is 5.82 Å². The highest BCUT2D eigenvalue weighted by Crippen LogP contribution is 2.37. The molecule has 1 saturated carbocycles. The van der Waals surface area contributed by atoms with Crippen molar-refractivity contribution >= 4 is 10.8 Å². The number of fused-ring (bicyclic) bond motifs is 1. The Kier molecular flexibility index (Phi) is 4.47. The Morgan fingerprint density at radius 2 is 1.96 bits per heavy atom. The molecule has 1 fully saturated rings. The van der Waals surface area contributed by atoms with E-state index < -0.39 is 0 Å². The molecule has 0 unspecified atom stereocenters. The van der Waals surface area contributed by atoms with E-state index in [2.05, 4.69) is 0 Å². The number of benzene rings is 2. The standard InChI is InChI=1S/C21H20FNO3/c1-25-9-10-26-17-7-8-18-19(12-17)20(14-3-2-4-15(22)11-14)13-23(21(18)24)16-5-6-16/h2-4,7-8,11-13,16H,5-6,9-10H2,1H3. The highest BCUT2D eigenvalue weighted by atomic mass is 19.1. The fraction of sp³-hybridized carbons (Fsp3) is 0.286. The summed E-state index contributed by atoms with van der Waals surface area (Å²) in [6, 6.07) is 12.1. The molecule has 1 aromatic heterocycles. The van der Waals surface area contributed by atoms with Crippen molar-refractivity contribution in [1.29, 1.82) is 0 Å². The molecule has 0 radical (unpaired) electrons. The van der Waals surface area contributed by atoms with Crippen molar-refractivity contribution in [2.24, 2.45) is 0 Å². The minimum atomic E-state index is -0.299. The van der Waals surface area contributed by atoms with Gasteiger partial charge in [0.2, 0.25) is 0 Å². The van der Waals surface area contributed by atoms with Crippen LogP contribution in [0.4, 0.5) is 4.39 Å². The Labute approximate surface area is 150 Å². The Balaban J connectivity index is 1.89. The fourth-order valence-corrected chi connectivity index (χ4v) is 3.18. The molecule has 4 nitrogen and oxygen atoms in total. The maximum atomic E-state index is 13.8. The van der Waals surface area contributed by atoms with Crippen LogP contribution in [0.15, 0.2) is 53.5 Å². The summed E-state index contributed by atoms with van der Waals surface area (Å²) in [5.41, 5.74) is 1.58. The highest BCUT2D eigenvalue weighted by Gasteiger charge is 2.26. The molecule has 3 aromatic rings. The van der Waals surface area contributed by atoms with Crippen LogP contribution in [0.5, 0.6) is 5.75 Å². The number of methoxy groups -OCH3 is 1. The number of nitrogens with zero attached hydrogens (tertiary/aromatic N) is 1. The maximum absolute atomic E-state index is 13.8. The zero-order valence-corrected chi connectivity index (χ0v) is 14.6. The second-order valence-electron chi connectivity index (χ2n) is 6.55. The molecule has 0 N–H and O–H groups in total. The second-order valence-corrected chi connectivity index (χ2v) is 6.55. The van der Waals surface area contributed by atoms with Crippen molar-refractivity contribution in [3.8, 4) is 16.9 Å². The normalized spacial score (nSPS) is 13.9. The molecule has 0 aliphatic heterocycles. The number of halogens is 1. The van der Waals surface area contributed by atoms with Gasteiger partial charge < -0.3 is 14.0 Å².